The molecule has 0 radical (unpaired) electrons. The molecular formula is C11H17N3O5S2. The molecule has 0 aliphatic heterocycles. The minimum Gasteiger partial charge on any atom is -0.479 e. The molecule has 10 heteroatoms. The number of hydrogen-bond acceptors (Lipinski definition) is 5. The largest absolute Gasteiger partial charge is 0.479 e. The van der Waals surface area contributed by atoms with Crippen LogP contribution in [-0.4, -0.2) is 44.4 Å². The highest BCUT2D eigenvalue weighted by atomic mass is 32.2. The first-order valence-electron chi connectivity index (χ1n) is 6.13. The minimum atomic E-state index is -3.42. The Morgan fingerprint density at radius 3 is 2.67 bits per heavy atom. The van der Waals surface area contributed by atoms with E-state index in [1.165, 1.54) is 11.3 Å². The van der Waals surface area contributed by atoms with Crippen molar-refractivity contribution in [3.05, 3.63) is 22.4 Å². The number of aliphatic carboxylic acids is 1. The average Bonchev–Trinajstić information content (AvgIpc) is 2.88. The Kier molecular flexibility index (Phi) is 6.59. The molecule has 1 heterocycles. The molecule has 1 aromatic rings. The van der Waals surface area contributed by atoms with Crippen molar-refractivity contribution in [2.45, 2.75) is 13.0 Å². The molecule has 0 spiro atoms. The fourth-order valence-corrected chi connectivity index (χ4v) is 3.21. The van der Waals surface area contributed by atoms with Crippen molar-refractivity contribution < 1.29 is 23.1 Å². The van der Waals surface area contributed by atoms with Gasteiger partial charge in [0, 0.05) is 18.0 Å². The summed E-state index contributed by atoms with van der Waals surface area (Å²) < 4.78 is 25.0. The summed E-state index contributed by atoms with van der Waals surface area (Å²) in [5.41, 5.74) is 0. The number of carbonyl (C=O) groups is 2. The lowest BCUT2D eigenvalue weighted by Gasteiger charge is -2.13. The molecule has 0 aromatic carbocycles. The van der Waals surface area contributed by atoms with Crippen molar-refractivity contribution in [1.29, 1.82) is 0 Å². The summed E-state index contributed by atoms with van der Waals surface area (Å²) in [7, 11) is -3.42. The maximum atomic E-state index is 11.6. The van der Waals surface area contributed by atoms with Crippen LogP contribution in [0.3, 0.4) is 0 Å². The third-order valence-corrected chi connectivity index (χ3v) is 4.78. The second kappa shape index (κ2) is 7.96. The molecule has 21 heavy (non-hydrogen) atoms. The second-order valence-corrected chi connectivity index (χ2v) is 6.91. The van der Waals surface area contributed by atoms with Crippen molar-refractivity contribution in [3.8, 4) is 0 Å². The van der Waals surface area contributed by atoms with E-state index in [0.29, 0.717) is 4.88 Å². The molecule has 0 saturated carbocycles. The first kappa shape index (κ1) is 17.4. The van der Waals surface area contributed by atoms with E-state index in [4.69, 9.17) is 5.11 Å². The van der Waals surface area contributed by atoms with Gasteiger partial charge in [-0.15, -0.1) is 11.3 Å². The monoisotopic (exact) mass is 335 g/mol. The first-order valence-corrected chi connectivity index (χ1v) is 8.67. The Balaban J connectivity index is 2.47. The number of amides is 2. The molecule has 4 N–H and O–H groups in total. The smallest absolute Gasteiger partial charge is 0.331 e. The molecule has 118 valence electrons. The average molecular weight is 335 g/mol. The van der Waals surface area contributed by atoms with Crippen molar-refractivity contribution in [1.82, 2.24) is 15.4 Å². The van der Waals surface area contributed by atoms with Crippen LogP contribution in [0.1, 0.15) is 17.8 Å². The van der Waals surface area contributed by atoms with Gasteiger partial charge in [-0.1, -0.05) is 13.0 Å². The molecule has 0 aliphatic carbocycles. The summed E-state index contributed by atoms with van der Waals surface area (Å²) in [6.07, 6.45) is 0. The third kappa shape index (κ3) is 6.10. The van der Waals surface area contributed by atoms with Gasteiger partial charge >= 0.3 is 12.0 Å². The lowest BCUT2D eigenvalue weighted by molar-refractivity contribution is -0.139. The van der Waals surface area contributed by atoms with Crippen molar-refractivity contribution in [2.24, 2.45) is 0 Å². The van der Waals surface area contributed by atoms with Gasteiger partial charge in [-0.3, -0.25) is 0 Å². The van der Waals surface area contributed by atoms with Crippen LogP contribution in [0.4, 0.5) is 4.79 Å². The third-order valence-electron chi connectivity index (χ3n) is 2.37. The standard InChI is InChI=1S/C11H17N3O5S2/c1-2-13-21(18,19)7-5-12-11(17)14-9(10(15)16)8-4-3-6-20-8/h3-4,6,9,13H,2,5,7H2,1H3,(H,15,16)(H2,12,14,17). The number of carboxylic acid groups (broad SMARTS) is 1. The highest BCUT2D eigenvalue weighted by Gasteiger charge is 2.22. The maximum absolute atomic E-state index is 11.6. The Labute approximate surface area is 126 Å². The normalized spacial score (nSPS) is 12.6. The van der Waals surface area contributed by atoms with Crippen LogP contribution in [0.25, 0.3) is 0 Å². The fourth-order valence-electron chi connectivity index (χ4n) is 1.48. The zero-order valence-corrected chi connectivity index (χ0v) is 13.0. The van der Waals surface area contributed by atoms with Gasteiger partial charge in [0.2, 0.25) is 10.0 Å². The van der Waals surface area contributed by atoms with Crippen LogP contribution in [0.5, 0.6) is 0 Å². The van der Waals surface area contributed by atoms with E-state index >= 15 is 0 Å². The van der Waals surface area contributed by atoms with Gasteiger partial charge in [-0.2, -0.15) is 0 Å². The lowest BCUT2D eigenvalue weighted by atomic mass is 10.2. The van der Waals surface area contributed by atoms with E-state index in [1.54, 1.807) is 24.4 Å². The van der Waals surface area contributed by atoms with Crippen LogP contribution in [-0.2, 0) is 14.8 Å². The SMILES string of the molecule is CCNS(=O)(=O)CCNC(=O)NC(C(=O)O)c1cccs1. The van der Waals surface area contributed by atoms with Gasteiger partial charge in [0.25, 0.3) is 0 Å². The fraction of sp³-hybridized carbons (Fsp3) is 0.455. The molecule has 0 bridgehead atoms. The quantitative estimate of drug-likeness (QED) is 0.537. The number of thiophene rings is 1. The molecule has 0 fully saturated rings. The second-order valence-electron chi connectivity index (χ2n) is 4.00. The number of urea groups is 1. The van der Waals surface area contributed by atoms with Gasteiger partial charge in [-0.05, 0) is 11.4 Å². The molecule has 1 rings (SSSR count). The van der Waals surface area contributed by atoms with E-state index < -0.39 is 28.1 Å². The minimum absolute atomic E-state index is 0.113. The van der Waals surface area contributed by atoms with E-state index in [-0.39, 0.29) is 18.8 Å². The number of nitrogens with one attached hydrogen (secondary N) is 3. The molecule has 0 saturated heterocycles. The summed E-state index contributed by atoms with van der Waals surface area (Å²) in [6, 6.07) is 1.38. The van der Waals surface area contributed by atoms with E-state index in [1.807, 2.05) is 0 Å². The van der Waals surface area contributed by atoms with Crippen molar-refractivity contribution >= 4 is 33.4 Å². The summed E-state index contributed by atoms with van der Waals surface area (Å²) in [4.78, 5) is 23.2. The lowest BCUT2D eigenvalue weighted by Crippen LogP contribution is -2.43. The number of carbonyl (C=O) groups excluding carboxylic acids is 1. The zero-order valence-electron chi connectivity index (χ0n) is 11.3. The Bertz CT molecular complexity index is 571. The number of sulfonamides is 1. The van der Waals surface area contributed by atoms with Gasteiger partial charge in [0.15, 0.2) is 6.04 Å². The maximum Gasteiger partial charge on any atom is 0.331 e. The van der Waals surface area contributed by atoms with Crippen LogP contribution in [0.15, 0.2) is 17.5 Å². The van der Waals surface area contributed by atoms with Gasteiger partial charge in [0.1, 0.15) is 0 Å². The van der Waals surface area contributed by atoms with E-state index in [9.17, 15) is 18.0 Å². The Hall–Kier alpha value is -1.65. The Morgan fingerprint density at radius 2 is 2.14 bits per heavy atom. The highest BCUT2D eigenvalue weighted by Crippen LogP contribution is 2.18. The molecule has 1 aromatic heterocycles. The molecule has 2 amide bonds. The molecular weight excluding hydrogens is 318 g/mol. The number of hydrogen-bond donors (Lipinski definition) is 4. The predicted octanol–water partition coefficient (Wildman–Crippen LogP) is 0.112. The zero-order chi connectivity index (χ0) is 15.9. The molecule has 8 nitrogen and oxygen atoms in total. The first-order chi connectivity index (χ1) is 9.85. The summed E-state index contributed by atoms with van der Waals surface area (Å²) >= 11 is 1.21. The van der Waals surface area contributed by atoms with Crippen LogP contribution >= 0.6 is 11.3 Å². The van der Waals surface area contributed by atoms with E-state index in [2.05, 4.69) is 15.4 Å². The molecule has 1 atom stereocenters. The summed E-state index contributed by atoms with van der Waals surface area (Å²) in [5, 5.41) is 15.4. The molecule has 1 unspecified atom stereocenters. The highest BCUT2D eigenvalue weighted by molar-refractivity contribution is 7.89. The molecule has 0 aliphatic rings. The summed E-state index contributed by atoms with van der Waals surface area (Å²) in [5.74, 6) is -1.46. The topological polar surface area (TPSA) is 125 Å². The van der Waals surface area contributed by atoms with Gasteiger partial charge in [0.05, 0.1) is 5.75 Å². The number of rotatable bonds is 8. The van der Waals surface area contributed by atoms with Gasteiger partial charge in [-0.25, -0.2) is 22.7 Å². The summed E-state index contributed by atoms with van der Waals surface area (Å²) in [6.45, 7) is 1.81. The Morgan fingerprint density at radius 1 is 1.43 bits per heavy atom. The van der Waals surface area contributed by atoms with Crippen LogP contribution in [0.2, 0.25) is 0 Å². The predicted molar refractivity (Wildman–Crippen MR) is 78.7 cm³/mol. The van der Waals surface area contributed by atoms with Crippen molar-refractivity contribution in [2.75, 3.05) is 18.8 Å². The number of carboxylic acids is 1. The van der Waals surface area contributed by atoms with E-state index in [0.717, 1.165) is 0 Å². The van der Waals surface area contributed by atoms with Crippen LogP contribution in [0, 0.1) is 0 Å². The van der Waals surface area contributed by atoms with Gasteiger partial charge < -0.3 is 15.7 Å². The van der Waals surface area contributed by atoms with Crippen molar-refractivity contribution in [3.63, 3.8) is 0 Å². The van der Waals surface area contributed by atoms with Crippen LogP contribution < -0.4 is 15.4 Å².